The molecule has 2 aromatic rings. The maximum Gasteiger partial charge on any atom is 0.326 e. The number of amides is 7. The zero-order chi connectivity index (χ0) is 41.8. The number of aliphatic hydroxyl groups excluding tert-OH is 2. The lowest BCUT2D eigenvalue weighted by atomic mass is 10.1. The van der Waals surface area contributed by atoms with Crippen LogP contribution in [-0.2, 0) is 51.2 Å². The van der Waals surface area contributed by atoms with Crippen molar-refractivity contribution in [2.45, 2.75) is 94.2 Å². The Kier molecular flexibility index (Phi) is 19.6. The minimum atomic E-state index is -1.67. The number of rotatable bonds is 26. The number of aromatic nitrogens is 4. The number of unbranched alkanes of at least 4 members (excludes halogenated alkanes) is 1. The van der Waals surface area contributed by atoms with Crippen LogP contribution in [0.2, 0.25) is 0 Å². The maximum absolute atomic E-state index is 13.7. The van der Waals surface area contributed by atoms with Gasteiger partial charge in [0.15, 0.2) is 0 Å². The van der Waals surface area contributed by atoms with Crippen molar-refractivity contribution in [3.8, 4) is 0 Å². The molecule has 0 radical (unpaired) electrons. The van der Waals surface area contributed by atoms with Crippen LogP contribution in [0, 0.1) is 0 Å². The second-order valence-corrected chi connectivity index (χ2v) is 12.7. The van der Waals surface area contributed by atoms with Gasteiger partial charge in [-0.1, -0.05) is 6.42 Å². The number of primary amides is 1. The largest absolute Gasteiger partial charge is 0.480 e. The number of hydrogen-bond acceptors (Lipinski definition) is 14. The summed E-state index contributed by atoms with van der Waals surface area (Å²) in [5.41, 5.74) is 17.1. The smallest absolute Gasteiger partial charge is 0.326 e. The van der Waals surface area contributed by atoms with Crippen molar-refractivity contribution in [3.05, 3.63) is 36.4 Å². The summed E-state index contributed by atoms with van der Waals surface area (Å²) < 4.78 is 0. The van der Waals surface area contributed by atoms with Crippen LogP contribution in [0.15, 0.2) is 25.0 Å². The number of imidazole rings is 2. The van der Waals surface area contributed by atoms with Crippen molar-refractivity contribution in [2.75, 3.05) is 19.7 Å². The third-order valence-electron chi connectivity index (χ3n) is 8.14. The van der Waals surface area contributed by atoms with Crippen LogP contribution in [0.5, 0.6) is 0 Å². The highest BCUT2D eigenvalue weighted by Gasteiger charge is 2.33. The molecule has 24 nitrogen and oxygen atoms in total. The predicted octanol–water partition coefficient (Wildman–Crippen LogP) is -6.36. The van der Waals surface area contributed by atoms with Gasteiger partial charge in [-0.15, -0.1) is 0 Å². The molecule has 7 amide bonds. The predicted molar refractivity (Wildman–Crippen MR) is 193 cm³/mol. The van der Waals surface area contributed by atoms with Gasteiger partial charge in [0.2, 0.25) is 41.4 Å². The molecule has 2 aromatic heterocycles. The zero-order valence-corrected chi connectivity index (χ0v) is 30.7. The third-order valence-corrected chi connectivity index (χ3v) is 8.14. The Labute approximate surface area is 320 Å². The fraction of sp³-hybridized carbons (Fsp3) is 0.562. The fourth-order valence-corrected chi connectivity index (χ4v) is 5.03. The first-order valence-corrected chi connectivity index (χ1v) is 17.5. The Morgan fingerprint density at radius 1 is 0.750 bits per heavy atom. The summed E-state index contributed by atoms with van der Waals surface area (Å²) in [6, 6.07) is -8.60. The molecule has 2 rings (SSSR count). The number of H-pyrrole nitrogens is 2. The third kappa shape index (κ3) is 16.2. The lowest BCUT2D eigenvalue weighted by Gasteiger charge is -2.25. The molecule has 0 saturated carbocycles. The normalized spacial score (nSPS) is 14.7. The van der Waals surface area contributed by atoms with Gasteiger partial charge in [-0.3, -0.25) is 33.6 Å². The van der Waals surface area contributed by atoms with Gasteiger partial charge in [-0.25, -0.2) is 14.8 Å². The van der Waals surface area contributed by atoms with Crippen LogP contribution in [0.3, 0.4) is 0 Å². The molecule has 0 bridgehead atoms. The number of carbonyl (C=O) groups is 8. The Morgan fingerprint density at radius 3 is 1.73 bits per heavy atom. The number of carbonyl (C=O) groups excluding carboxylic acids is 7. The highest BCUT2D eigenvalue weighted by Crippen LogP contribution is 2.06. The van der Waals surface area contributed by atoms with Crippen molar-refractivity contribution >= 4 is 47.3 Å². The number of nitrogens with one attached hydrogen (secondary N) is 8. The van der Waals surface area contributed by atoms with Gasteiger partial charge in [-0.05, 0) is 32.7 Å². The summed E-state index contributed by atoms with van der Waals surface area (Å²) in [4.78, 5) is 115. The second-order valence-electron chi connectivity index (χ2n) is 12.7. The molecule has 56 heavy (non-hydrogen) atoms. The van der Waals surface area contributed by atoms with Crippen LogP contribution in [0.4, 0.5) is 0 Å². The standard InChI is InChI=1S/C32H51N13O11/c1-16(47)26(45-27(50)19(34)4-2-3-7-33)31(54)38-12-25(49)41-23(13-46)30(53)44-22(9-18-11-37-15-40-18)29(52)43-21(8-17-10-36-14-39-17)28(51)42-20(32(55)56)5-6-24(35)48/h10-11,14-16,19-23,26,46-47H,2-9,12-13,33-34H2,1H3,(H2,35,48)(H,36,39)(H,37,40)(H,38,54)(H,41,49)(H,42,51)(H,43,52)(H,44,53)(H,45,50)(H,55,56)/t16-,19+,20+,21+,22+,23+,26+/m1/s1. The minimum Gasteiger partial charge on any atom is -0.480 e. The Morgan fingerprint density at radius 2 is 1.29 bits per heavy atom. The van der Waals surface area contributed by atoms with Gasteiger partial charge in [0.1, 0.15) is 30.2 Å². The topological polar surface area (TPSA) is 405 Å². The van der Waals surface area contributed by atoms with Crippen molar-refractivity contribution in [1.29, 1.82) is 0 Å². The van der Waals surface area contributed by atoms with Crippen molar-refractivity contribution in [3.63, 3.8) is 0 Å². The first kappa shape index (κ1) is 46.2. The number of aromatic amines is 2. The van der Waals surface area contributed by atoms with Crippen LogP contribution >= 0.6 is 0 Å². The quantitative estimate of drug-likeness (QED) is 0.0394. The van der Waals surface area contributed by atoms with E-state index in [1.54, 1.807) is 0 Å². The first-order valence-electron chi connectivity index (χ1n) is 17.5. The van der Waals surface area contributed by atoms with Crippen LogP contribution < -0.4 is 49.1 Å². The zero-order valence-electron chi connectivity index (χ0n) is 30.7. The van der Waals surface area contributed by atoms with Gasteiger partial charge >= 0.3 is 5.97 Å². The van der Waals surface area contributed by atoms with Crippen LogP contribution in [0.25, 0.3) is 0 Å². The number of carboxylic acids is 1. The van der Waals surface area contributed by atoms with Crippen LogP contribution in [-0.4, -0.2) is 145 Å². The van der Waals surface area contributed by atoms with E-state index in [1.165, 1.54) is 32.0 Å². The van der Waals surface area contributed by atoms with E-state index in [4.69, 9.17) is 17.2 Å². The summed E-state index contributed by atoms with van der Waals surface area (Å²) in [6.07, 6.45) is 4.26. The van der Waals surface area contributed by atoms with Gasteiger partial charge in [0, 0.05) is 43.0 Å². The molecule has 2 heterocycles. The molecule has 0 aliphatic heterocycles. The van der Waals surface area contributed by atoms with Gasteiger partial charge in [0.05, 0.1) is 38.0 Å². The van der Waals surface area contributed by atoms with Crippen molar-refractivity contribution in [1.82, 2.24) is 51.8 Å². The van der Waals surface area contributed by atoms with Crippen molar-refractivity contribution < 1.29 is 53.7 Å². The molecule has 0 aromatic carbocycles. The van der Waals surface area contributed by atoms with Gasteiger partial charge < -0.3 is 74.4 Å². The molecule has 0 saturated heterocycles. The SMILES string of the molecule is C[C@@H](O)[C@H](NC(=O)[C@@H](N)CCCCN)C(=O)NCC(=O)N[C@@H](CO)C(=O)N[C@@H](Cc1cnc[nH]1)C(=O)N[C@@H](Cc1cnc[nH]1)C(=O)N[C@@H](CCC(N)=O)C(=O)O. The minimum absolute atomic E-state index is 0.216. The summed E-state index contributed by atoms with van der Waals surface area (Å²) in [5.74, 6) is -7.86. The van der Waals surface area contributed by atoms with E-state index < -0.39 is 103 Å². The summed E-state index contributed by atoms with van der Waals surface area (Å²) in [6.45, 7) is -0.0875. The number of nitrogens with two attached hydrogens (primary N) is 3. The molecular formula is C32H51N13O11. The van der Waals surface area contributed by atoms with E-state index >= 15 is 0 Å². The van der Waals surface area contributed by atoms with E-state index in [-0.39, 0.29) is 32.1 Å². The lowest BCUT2D eigenvalue weighted by molar-refractivity contribution is -0.142. The highest BCUT2D eigenvalue weighted by molar-refractivity contribution is 5.96. The molecule has 17 N–H and O–H groups in total. The van der Waals surface area contributed by atoms with Crippen LogP contribution in [0.1, 0.15) is 50.4 Å². The molecule has 0 aliphatic rings. The fourth-order valence-electron chi connectivity index (χ4n) is 5.03. The molecule has 7 atom stereocenters. The van der Waals surface area contributed by atoms with E-state index in [0.29, 0.717) is 30.8 Å². The number of aliphatic hydroxyl groups is 2. The van der Waals surface area contributed by atoms with E-state index in [0.717, 1.165) is 0 Å². The average molecular weight is 794 g/mol. The summed E-state index contributed by atoms with van der Waals surface area (Å²) in [7, 11) is 0. The average Bonchev–Trinajstić information content (AvgIpc) is 3.87. The van der Waals surface area contributed by atoms with Crippen molar-refractivity contribution in [2.24, 2.45) is 17.2 Å². The van der Waals surface area contributed by atoms with E-state index in [9.17, 15) is 53.7 Å². The summed E-state index contributed by atoms with van der Waals surface area (Å²) in [5, 5.41) is 43.6. The Bertz CT molecular complexity index is 1610. The van der Waals surface area contributed by atoms with Gasteiger partial charge in [-0.2, -0.15) is 0 Å². The second kappa shape index (κ2) is 23.7. The lowest BCUT2D eigenvalue weighted by Crippen LogP contribution is -2.60. The highest BCUT2D eigenvalue weighted by atomic mass is 16.4. The monoisotopic (exact) mass is 793 g/mol. The molecule has 0 unspecified atom stereocenters. The molecule has 0 spiro atoms. The molecule has 0 aliphatic carbocycles. The first-order chi connectivity index (χ1) is 26.6. The molecule has 310 valence electrons. The number of hydrogen-bond donors (Lipinski definition) is 14. The summed E-state index contributed by atoms with van der Waals surface area (Å²) >= 11 is 0. The Balaban J connectivity index is 2.15. The molecular weight excluding hydrogens is 742 g/mol. The number of carboxylic acid groups (broad SMARTS) is 1. The number of aliphatic carboxylic acids is 1. The maximum atomic E-state index is 13.7. The molecule has 0 fully saturated rings. The molecule has 24 heteroatoms. The number of nitrogens with zero attached hydrogens (tertiary/aromatic N) is 2. The van der Waals surface area contributed by atoms with Gasteiger partial charge in [0.25, 0.3) is 0 Å². The Hall–Kier alpha value is -5.98. The van der Waals surface area contributed by atoms with E-state index in [2.05, 4.69) is 51.8 Å². The van der Waals surface area contributed by atoms with E-state index in [1.807, 2.05) is 0 Å².